The van der Waals surface area contributed by atoms with Crippen molar-refractivity contribution in [3.8, 4) is 0 Å². The van der Waals surface area contributed by atoms with Crippen LogP contribution in [0.4, 0.5) is 0 Å². The summed E-state index contributed by atoms with van der Waals surface area (Å²) in [5.74, 6) is 0.515. The summed E-state index contributed by atoms with van der Waals surface area (Å²) in [6, 6.07) is 9.46. The van der Waals surface area contributed by atoms with Crippen LogP contribution in [0.15, 0.2) is 41.7 Å². The van der Waals surface area contributed by atoms with E-state index >= 15 is 0 Å². The first kappa shape index (κ1) is 15.1. The molecule has 0 aliphatic carbocycles. The van der Waals surface area contributed by atoms with Crippen LogP contribution in [-0.4, -0.2) is 11.7 Å². The third-order valence-corrected chi connectivity index (χ3v) is 2.29. The lowest BCUT2D eigenvalue weighted by atomic mass is 10.0. The number of aliphatic hydroxyl groups excluding tert-OH is 1. The van der Waals surface area contributed by atoms with E-state index in [0.717, 1.165) is 11.1 Å². The summed E-state index contributed by atoms with van der Waals surface area (Å²) < 4.78 is 0. The lowest BCUT2D eigenvalue weighted by Crippen LogP contribution is -2.26. The van der Waals surface area contributed by atoms with Crippen LogP contribution in [0.3, 0.4) is 0 Å². The van der Waals surface area contributed by atoms with Crippen LogP contribution in [0.5, 0.6) is 0 Å². The van der Waals surface area contributed by atoms with Crippen molar-refractivity contribution < 1.29 is 5.11 Å². The minimum atomic E-state index is -0.626. The van der Waals surface area contributed by atoms with Crippen LogP contribution >= 0.6 is 24.8 Å². The molecule has 0 fully saturated rings. The molecule has 16 heavy (non-hydrogen) atoms. The van der Waals surface area contributed by atoms with Crippen LogP contribution in [0.25, 0.3) is 0 Å². The van der Waals surface area contributed by atoms with Gasteiger partial charge in [0, 0.05) is 12.1 Å². The molecule has 1 aromatic carbocycles. The lowest BCUT2D eigenvalue weighted by molar-refractivity contribution is 0.213. The molecule has 0 spiro atoms. The van der Waals surface area contributed by atoms with Crippen LogP contribution in [0.2, 0.25) is 0 Å². The normalized spacial score (nSPS) is 15.8. The van der Waals surface area contributed by atoms with Crippen molar-refractivity contribution in [3.05, 3.63) is 47.3 Å². The molecule has 0 saturated heterocycles. The Labute approximate surface area is 107 Å². The average molecular weight is 264 g/mol. The van der Waals surface area contributed by atoms with E-state index in [4.69, 9.17) is 5.73 Å². The fraction of sp³-hybridized carbons (Fsp3) is 0.200. The Hall–Kier alpha value is -0.940. The molecular formula is C10H15Cl2N3O. The first-order chi connectivity index (χ1) is 6.79. The molecule has 2 rings (SSSR count). The van der Waals surface area contributed by atoms with Gasteiger partial charge in [-0.3, -0.25) is 0 Å². The van der Waals surface area contributed by atoms with Gasteiger partial charge in [0.15, 0.2) is 0 Å². The highest BCUT2D eigenvalue weighted by molar-refractivity contribution is 5.85. The predicted molar refractivity (Wildman–Crippen MR) is 68.2 cm³/mol. The summed E-state index contributed by atoms with van der Waals surface area (Å²) in [6.45, 7) is 0.571. The molecule has 1 aliphatic heterocycles. The maximum Gasteiger partial charge on any atom is 0.114 e. The smallest absolute Gasteiger partial charge is 0.114 e. The minimum absolute atomic E-state index is 0. The molecule has 1 heterocycles. The molecular weight excluding hydrogens is 249 g/mol. The summed E-state index contributed by atoms with van der Waals surface area (Å²) in [5, 5.41) is 9.97. The Balaban J connectivity index is 0.00000112. The highest BCUT2D eigenvalue weighted by atomic mass is 35.5. The van der Waals surface area contributed by atoms with E-state index in [0.29, 0.717) is 12.4 Å². The van der Waals surface area contributed by atoms with E-state index in [1.165, 1.54) is 0 Å². The third kappa shape index (κ3) is 3.02. The van der Waals surface area contributed by atoms with Crippen molar-refractivity contribution in [1.82, 2.24) is 10.9 Å². The van der Waals surface area contributed by atoms with E-state index in [9.17, 15) is 5.11 Å². The summed E-state index contributed by atoms with van der Waals surface area (Å²) in [5.41, 5.74) is 12.9. The molecule has 0 bridgehead atoms. The van der Waals surface area contributed by atoms with Gasteiger partial charge in [0.25, 0.3) is 0 Å². The molecule has 1 atom stereocenters. The second-order valence-electron chi connectivity index (χ2n) is 3.23. The predicted octanol–water partition coefficient (Wildman–Crippen LogP) is 0.842. The lowest BCUT2D eigenvalue weighted by Gasteiger charge is -2.11. The number of rotatable bonds is 2. The highest BCUT2D eigenvalue weighted by Gasteiger charge is 2.19. The molecule has 90 valence electrons. The average Bonchev–Trinajstić information content (AvgIpc) is 2.65. The van der Waals surface area contributed by atoms with E-state index in [2.05, 4.69) is 10.9 Å². The minimum Gasteiger partial charge on any atom is -0.384 e. The standard InChI is InChI=1S/C10H13N3O.2ClH/c11-10-8(6-12-13-10)9(14)7-4-2-1-3-5-7;;/h1-5,9,12-14H,6,11H2;2*1H. The van der Waals surface area contributed by atoms with Gasteiger partial charge >= 0.3 is 0 Å². The van der Waals surface area contributed by atoms with Crippen LogP contribution in [0.1, 0.15) is 11.7 Å². The van der Waals surface area contributed by atoms with Crippen LogP contribution in [-0.2, 0) is 0 Å². The number of hydrogen-bond donors (Lipinski definition) is 4. The van der Waals surface area contributed by atoms with E-state index in [1.807, 2.05) is 30.3 Å². The summed E-state index contributed by atoms with van der Waals surface area (Å²) in [6.07, 6.45) is -0.626. The van der Waals surface area contributed by atoms with Crippen LogP contribution < -0.4 is 16.6 Å². The first-order valence-electron chi connectivity index (χ1n) is 4.49. The van der Waals surface area contributed by atoms with Crippen molar-refractivity contribution in [2.24, 2.45) is 5.73 Å². The van der Waals surface area contributed by atoms with E-state index < -0.39 is 6.10 Å². The Morgan fingerprint density at radius 3 is 2.31 bits per heavy atom. The van der Waals surface area contributed by atoms with Gasteiger partial charge in [-0.1, -0.05) is 30.3 Å². The zero-order valence-corrected chi connectivity index (χ0v) is 10.1. The van der Waals surface area contributed by atoms with Gasteiger partial charge in [0.2, 0.25) is 0 Å². The molecule has 6 heteroatoms. The molecule has 4 nitrogen and oxygen atoms in total. The van der Waals surface area contributed by atoms with Crippen molar-refractivity contribution in [2.75, 3.05) is 6.54 Å². The molecule has 1 unspecified atom stereocenters. The van der Waals surface area contributed by atoms with Gasteiger partial charge in [0.05, 0.1) is 0 Å². The SMILES string of the molecule is Cl.Cl.NC1=C(C(O)c2ccccc2)CNN1. The van der Waals surface area contributed by atoms with Gasteiger partial charge in [-0.05, 0) is 5.56 Å². The number of nitrogens with one attached hydrogen (secondary N) is 2. The van der Waals surface area contributed by atoms with Gasteiger partial charge in [0.1, 0.15) is 11.9 Å². The van der Waals surface area contributed by atoms with Gasteiger partial charge < -0.3 is 16.3 Å². The highest BCUT2D eigenvalue weighted by Crippen LogP contribution is 2.22. The van der Waals surface area contributed by atoms with Crippen LogP contribution in [0, 0.1) is 0 Å². The zero-order chi connectivity index (χ0) is 9.97. The Kier molecular flexibility index (Phi) is 6.21. The Bertz CT molecular complexity index is 356. The molecule has 0 amide bonds. The summed E-state index contributed by atoms with van der Waals surface area (Å²) in [7, 11) is 0. The number of nitrogens with two attached hydrogens (primary N) is 1. The number of aliphatic hydroxyl groups is 1. The second kappa shape index (κ2) is 6.60. The second-order valence-corrected chi connectivity index (χ2v) is 3.23. The summed E-state index contributed by atoms with van der Waals surface area (Å²) >= 11 is 0. The van der Waals surface area contributed by atoms with E-state index in [1.54, 1.807) is 0 Å². The van der Waals surface area contributed by atoms with Gasteiger partial charge in [-0.15, -0.1) is 24.8 Å². The molecule has 0 saturated carbocycles. The van der Waals surface area contributed by atoms with Gasteiger partial charge in [-0.2, -0.15) is 0 Å². The molecule has 1 aliphatic rings. The maximum absolute atomic E-state index is 9.97. The topological polar surface area (TPSA) is 70.3 Å². The largest absolute Gasteiger partial charge is 0.384 e. The molecule has 0 radical (unpaired) electrons. The Morgan fingerprint density at radius 1 is 1.19 bits per heavy atom. The zero-order valence-electron chi connectivity index (χ0n) is 8.51. The quantitative estimate of drug-likeness (QED) is 0.639. The number of halogens is 2. The fourth-order valence-corrected chi connectivity index (χ4v) is 1.49. The number of benzene rings is 1. The molecule has 5 N–H and O–H groups in total. The first-order valence-corrected chi connectivity index (χ1v) is 4.49. The number of hydrazine groups is 1. The fourth-order valence-electron chi connectivity index (χ4n) is 1.49. The van der Waals surface area contributed by atoms with Crippen molar-refractivity contribution >= 4 is 24.8 Å². The molecule has 1 aromatic rings. The Morgan fingerprint density at radius 2 is 1.81 bits per heavy atom. The number of hydrogen-bond acceptors (Lipinski definition) is 4. The van der Waals surface area contributed by atoms with Crippen molar-refractivity contribution in [2.45, 2.75) is 6.10 Å². The van der Waals surface area contributed by atoms with Gasteiger partial charge in [-0.25, -0.2) is 5.43 Å². The third-order valence-electron chi connectivity index (χ3n) is 2.29. The monoisotopic (exact) mass is 263 g/mol. The summed E-state index contributed by atoms with van der Waals surface area (Å²) in [4.78, 5) is 0. The van der Waals surface area contributed by atoms with E-state index in [-0.39, 0.29) is 24.8 Å². The van der Waals surface area contributed by atoms with Crippen molar-refractivity contribution in [1.29, 1.82) is 0 Å². The maximum atomic E-state index is 9.97. The van der Waals surface area contributed by atoms with Crippen molar-refractivity contribution in [3.63, 3.8) is 0 Å². The molecule has 0 aromatic heterocycles.